The number of hydrogen-bond acceptors (Lipinski definition) is 8. The molecule has 0 saturated carbocycles. The first-order chi connectivity index (χ1) is 14.1. The first kappa shape index (κ1) is 21.2. The van der Waals surface area contributed by atoms with Crippen LogP contribution < -0.4 is 4.90 Å². The summed E-state index contributed by atoms with van der Waals surface area (Å²) in [5.74, 6) is 0.954. The zero-order valence-electron chi connectivity index (χ0n) is 17.3. The van der Waals surface area contributed by atoms with Gasteiger partial charge in [0, 0.05) is 50.8 Å². The summed E-state index contributed by atoms with van der Waals surface area (Å²) >= 11 is 8.04. The van der Waals surface area contributed by atoms with Crippen LogP contribution in [0.25, 0.3) is 10.2 Å². The number of fused-ring (bicyclic) bond motifs is 1. The lowest BCUT2D eigenvalue weighted by Crippen LogP contribution is -2.46. The average Bonchev–Trinajstić information content (AvgIpc) is 3.14. The molecule has 4 heterocycles. The molecule has 29 heavy (non-hydrogen) atoms. The van der Waals surface area contributed by atoms with Crippen molar-refractivity contribution in [1.82, 2.24) is 19.8 Å². The molecule has 0 radical (unpaired) electrons. The molecular weight excluding hydrogens is 410 g/mol. The van der Waals surface area contributed by atoms with Crippen molar-refractivity contribution in [3.63, 3.8) is 0 Å². The van der Waals surface area contributed by atoms with Crippen LogP contribution in [-0.2, 0) is 16.0 Å². The van der Waals surface area contributed by atoms with E-state index >= 15 is 0 Å². The molecule has 4 rings (SSSR count). The maximum absolute atomic E-state index is 6.24. The van der Waals surface area contributed by atoms with Gasteiger partial charge in [-0.2, -0.15) is 4.98 Å². The van der Waals surface area contributed by atoms with Gasteiger partial charge in [-0.15, -0.1) is 11.3 Å². The SMILES string of the molecule is COCCN(C)C1CCCN(Cc2cc3nc(Cl)nc(N4CCOCC4)c3s2)C1. The molecule has 160 valence electrons. The van der Waals surface area contributed by atoms with Crippen LogP contribution in [0, 0.1) is 0 Å². The molecule has 2 aromatic rings. The third-order valence-corrected chi connectivity index (χ3v) is 7.09. The fourth-order valence-electron chi connectivity index (χ4n) is 4.18. The molecular formula is C20H30ClN5O2S. The fourth-order valence-corrected chi connectivity index (χ4v) is 5.50. The number of likely N-dealkylation sites (N-methyl/N-ethyl adjacent to an activating group) is 1. The molecule has 2 aliphatic heterocycles. The van der Waals surface area contributed by atoms with Crippen LogP contribution in [0.15, 0.2) is 6.07 Å². The number of nitrogens with zero attached hydrogens (tertiary/aromatic N) is 5. The lowest BCUT2D eigenvalue weighted by Gasteiger charge is -2.37. The van der Waals surface area contributed by atoms with Crippen molar-refractivity contribution in [3.8, 4) is 0 Å². The molecule has 0 bridgehead atoms. The first-order valence-electron chi connectivity index (χ1n) is 10.3. The van der Waals surface area contributed by atoms with Gasteiger partial charge in [-0.1, -0.05) is 0 Å². The summed E-state index contributed by atoms with van der Waals surface area (Å²) in [4.78, 5) is 17.6. The Morgan fingerprint density at radius 3 is 2.93 bits per heavy atom. The van der Waals surface area contributed by atoms with Gasteiger partial charge >= 0.3 is 0 Å². The van der Waals surface area contributed by atoms with E-state index in [-0.39, 0.29) is 0 Å². The van der Waals surface area contributed by atoms with Crippen LogP contribution in [0.5, 0.6) is 0 Å². The average molecular weight is 440 g/mol. The topological polar surface area (TPSA) is 54.0 Å². The number of anilines is 1. The van der Waals surface area contributed by atoms with Crippen LogP contribution in [0.4, 0.5) is 5.82 Å². The summed E-state index contributed by atoms with van der Waals surface area (Å²) < 4.78 is 11.9. The highest BCUT2D eigenvalue weighted by molar-refractivity contribution is 7.19. The molecule has 9 heteroatoms. The first-order valence-corrected chi connectivity index (χ1v) is 11.5. The van der Waals surface area contributed by atoms with Gasteiger partial charge in [-0.05, 0) is 44.1 Å². The van der Waals surface area contributed by atoms with Crippen LogP contribution >= 0.6 is 22.9 Å². The minimum absolute atomic E-state index is 0.321. The van der Waals surface area contributed by atoms with Crippen molar-refractivity contribution in [2.75, 3.05) is 71.6 Å². The highest BCUT2D eigenvalue weighted by Gasteiger charge is 2.24. The molecule has 0 spiro atoms. The van der Waals surface area contributed by atoms with E-state index in [9.17, 15) is 0 Å². The Morgan fingerprint density at radius 1 is 1.31 bits per heavy atom. The molecule has 2 fully saturated rings. The van der Waals surface area contributed by atoms with Gasteiger partial charge in [-0.3, -0.25) is 9.80 Å². The maximum atomic E-state index is 6.24. The second-order valence-corrected chi connectivity index (χ2v) is 9.32. The van der Waals surface area contributed by atoms with Gasteiger partial charge in [0.1, 0.15) is 0 Å². The molecule has 1 unspecified atom stereocenters. The predicted molar refractivity (Wildman–Crippen MR) is 118 cm³/mol. The second kappa shape index (κ2) is 9.85. The standard InChI is InChI=1S/C20H30ClN5O2S/c1-24(6-9-27-2)15-4-3-5-25(13-15)14-16-12-17-18(29-16)19(23-20(21)22-17)26-7-10-28-11-8-26/h12,15H,3-11,13-14H2,1-2H3. The van der Waals surface area contributed by atoms with E-state index < -0.39 is 0 Å². The highest BCUT2D eigenvalue weighted by Crippen LogP contribution is 2.34. The summed E-state index contributed by atoms with van der Waals surface area (Å²) in [6.07, 6.45) is 2.49. The molecule has 2 aliphatic rings. The summed E-state index contributed by atoms with van der Waals surface area (Å²) in [6, 6.07) is 2.78. The number of methoxy groups -OCH3 is 1. The third kappa shape index (κ3) is 5.18. The number of morpholine rings is 1. The molecule has 0 amide bonds. The van der Waals surface area contributed by atoms with Gasteiger partial charge in [0.15, 0.2) is 5.82 Å². The molecule has 1 atom stereocenters. The Bertz CT molecular complexity index is 814. The summed E-state index contributed by atoms with van der Waals surface area (Å²) in [6.45, 7) is 8.11. The number of ether oxygens (including phenoxy) is 2. The molecule has 7 nitrogen and oxygen atoms in total. The van der Waals surface area contributed by atoms with Gasteiger partial charge in [0.2, 0.25) is 5.28 Å². The second-order valence-electron chi connectivity index (χ2n) is 7.85. The molecule has 0 aliphatic carbocycles. The van der Waals surface area contributed by atoms with Crippen LogP contribution in [0.1, 0.15) is 17.7 Å². The van der Waals surface area contributed by atoms with Gasteiger partial charge in [0.05, 0.1) is 30.0 Å². The maximum Gasteiger partial charge on any atom is 0.224 e. The van der Waals surface area contributed by atoms with E-state index in [0.717, 1.165) is 75.1 Å². The molecule has 0 aromatic carbocycles. The van der Waals surface area contributed by atoms with Crippen LogP contribution in [-0.4, -0.2) is 92.5 Å². The lowest BCUT2D eigenvalue weighted by molar-refractivity contribution is 0.0862. The lowest BCUT2D eigenvalue weighted by atomic mass is 10.0. The van der Waals surface area contributed by atoms with Crippen molar-refractivity contribution in [1.29, 1.82) is 0 Å². The van der Waals surface area contributed by atoms with Crippen molar-refractivity contribution in [2.45, 2.75) is 25.4 Å². The minimum atomic E-state index is 0.321. The predicted octanol–water partition coefficient (Wildman–Crippen LogP) is 2.72. The normalized spacial score (nSPS) is 21.4. The summed E-state index contributed by atoms with van der Waals surface area (Å²) in [5, 5.41) is 0.321. The Balaban J connectivity index is 1.48. The smallest absolute Gasteiger partial charge is 0.224 e. The highest BCUT2D eigenvalue weighted by atomic mass is 35.5. The summed E-state index contributed by atoms with van der Waals surface area (Å²) in [7, 11) is 3.97. The number of hydrogen-bond donors (Lipinski definition) is 0. The van der Waals surface area contributed by atoms with E-state index in [4.69, 9.17) is 21.1 Å². The Hall–Kier alpha value is -1.03. The number of aromatic nitrogens is 2. The number of rotatable bonds is 7. The Labute approximate surface area is 181 Å². The van der Waals surface area contributed by atoms with Crippen molar-refractivity contribution in [3.05, 3.63) is 16.2 Å². The number of thiophene rings is 1. The largest absolute Gasteiger partial charge is 0.383 e. The Morgan fingerprint density at radius 2 is 2.14 bits per heavy atom. The monoisotopic (exact) mass is 439 g/mol. The summed E-state index contributed by atoms with van der Waals surface area (Å²) in [5.41, 5.74) is 0.956. The van der Waals surface area contributed by atoms with Gasteiger partial charge in [-0.25, -0.2) is 4.98 Å². The molecule has 2 saturated heterocycles. The van der Waals surface area contributed by atoms with Crippen molar-refractivity contribution < 1.29 is 9.47 Å². The minimum Gasteiger partial charge on any atom is -0.383 e. The number of piperidine rings is 1. The molecule has 0 N–H and O–H groups in total. The van der Waals surface area contributed by atoms with E-state index in [1.54, 1.807) is 18.4 Å². The Kier molecular flexibility index (Phi) is 7.21. The quantitative estimate of drug-likeness (QED) is 0.615. The van der Waals surface area contributed by atoms with Crippen LogP contribution in [0.3, 0.4) is 0 Å². The van der Waals surface area contributed by atoms with Crippen molar-refractivity contribution in [2.24, 2.45) is 0 Å². The zero-order valence-corrected chi connectivity index (χ0v) is 18.8. The fraction of sp³-hybridized carbons (Fsp3) is 0.700. The number of likely N-dealkylation sites (tertiary alicyclic amines) is 1. The van der Waals surface area contributed by atoms with E-state index in [1.807, 2.05) is 0 Å². The van der Waals surface area contributed by atoms with Crippen molar-refractivity contribution >= 4 is 39.0 Å². The number of halogens is 1. The van der Waals surface area contributed by atoms with E-state index in [1.165, 1.54) is 17.7 Å². The van der Waals surface area contributed by atoms with E-state index in [2.05, 4.69) is 37.8 Å². The van der Waals surface area contributed by atoms with Crippen LogP contribution in [0.2, 0.25) is 5.28 Å². The van der Waals surface area contributed by atoms with E-state index in [0.29, 0.717) is 11.3 Å². The third-order valence-electron chi connectivity index (χ3n) is 5.82. The van der Waals surface area contributed by atoms with Gasteiger partial charge in [0.25, 0.3) is 0 Å². The zero-order chi connectivity index (χ0) is 20.2. The molecule has 2 aromatic heterocycles. The van der Waals surface area contributed by atoms with Gasteiger partial charge < -0.3 is 14.4 Å².